The first-order chi connectivity index (χ1) is 14.1. The molecule has 7 nitrogen and oxygen atoms in total. The van der Waals surface area contributed by atoms with Crippen LogP contribution in [0.25, 0.3) is 0 Å². The van der Waals surface area contributed by atoms with Gasteiger partial charge in [0.2, 0.25) is 5.75 Å². The fourth-order valence-corrected chi connectivity index (χ4v) is 2.86. The third kappa shape index (κ3) is 4.94. The predicted octanol–water partition coefficient (Wildman–Crippen LogP) is 3.12. The highest BCUT2D eigenvalue weighted by Crippen LogP contribution is 2.18. The van der Waals surface area contributed by atoms with Crippen LogP contribution in [0.1, 0.15) is 28.5 Å². The van der Waals surface area contributed by atoms with Crippen LogP contribution in [0, 0.1) is 0 Å². The Kier molecular flexibility index (Phi) is 6.86. The van der Waals surface area contributed by atoms with Crippen molar-refractivity contribution >= 4 is 5.97 Å². The Morgan fingerprint density at radius 2 is 1.52 bits per heavy atom. The predicted molar refractivity (Wildman–Crippen MR) is 108 cm³/mol. The van der Waals surface area contributed by atoms with Crippen LogP contribution in [0.2, 0.25) is 0 Å². The average Bonchev–Trinajstić information content (AvgIpc) is 2.98. The van der Waals surface area contributed by atoms with E-state index in [1.54, 1.807) is 14.0 Å². The summed E-state index contributed by atoms with van der Waals surface area (Å²) in [5.74, 6) is -0.672. The first-order valence-electron chi connectivity index (χ1n) is 9.37. The molecule has 0 bridgehead atoms. The zero-order valence-electron chi connectivity index (χ0n) is 16.5. The van der Waals surface area contributed by atoms with E-state index in [1.807, 2.05) is 60.7 Å². The number of aromatic nitrogens is 2. The van der Waals surface area contributed by atoms with E-state index in [1.165, 1.54) is 9.36 Å². The van der Waals surface area contributed by atoms with Crippen molar-refractivity contribution in [3.63, 3.8) is 0 Å². The van der Waals surface area contributed by atoms with Crippen molar-refractivity contribution in [1.82, 2.24) is 9.36 Å². The minimum Gasteiger partial charge on any atom is -0.481 e. The van der Waals surface area contributed by atoms with Crippen LogP contribution in [-0.2, 0) is 36.5 Å². The number of nitrogens with zero attached hydrogens (tertiary/aromatic N) is 2. The van der Waals surface area contributed by atoms with Crippen LogP contribution in [0.15, 0.2) is 65.5 Å². The molecule has 0 aliphatic heterocycles. The summed E-state index contributed by atoms with van der Waals surface area (Å²) in [7, 11) is 1.56. The minimum atomic E-state index is -0.628. The third-order valence-corrected chi connectivity index (χ3v) is 4.34. The van der Waals surface area contributed by atoms with Crippen molar-refractivity contribution in [1.29, 1.82) is 0 Å². The van der Waals surface area contributed by atoms with E-state index in [0.717, 1.165) is 11.1 Å². The smallest absolute Gasteiger partial charge is 0.360 e. The number of rotatable bonds is 9. The highest BCUT2D eigenvalue weighted by molar-refractivity contribution is 5.90. The van der Waals surface area contributed by atoms with Crippen LogP contribution in [0.3, 0.4) is 0 Å². The van der Waals surface area contributed by atoms with Gasteiger partial charge >= 0.3 is 11.5 Å². The van der Waals surface area contributed by atoms with E-state index in [4.69, 9.17) is 14.2 Å². The summed E-state index contributed by atoms with van der Waals surface area (Å²) in [6.45, 7) is 2.40. The number of benzene rings is 2. The van der Waals surface area contributed by atoms with Gasteiger partial charge in [0.15, 0.2) is 5.69 Å². The molecule has 7 heteroatoms. The Labute approximate surface area is 169 Å². The van der Waals surface area contributed by atoms with Gasteiger partial charge in [0.25, 0.3) is 0 Å². The molecule has 152 valence electrons. The second-order valence-electron chi connectivity index (χ2n) is 6.36. The second-order valence-corrected chi connectivity index (χ2v) is 6.36. The normalized spacial score (nSPS) is 10.7. The summed E-state index contributed by atoms with van der Waals surface area (Å²) in [5.41, 5.74) is 1.50. The molecular weight excluding hydrogens is 372 g/mol. The van der Waals surface area contributed by atoms with Gasteiger partial charge in [-0.2, -0.15) is 0 Å². The number of hydrogen-bond donors (Lipinski definition) is 0. The minimum absolute atomic E-state index is 0.00345. The molecule has 3 aromatic rings. The van der Waals surface area contributed by atoms with E-state index in [9.17, 15) is 9.59 Å². The molecule has 0 unspecified atom stereocenters. The Morgan fingerprint density at radius 3 is 2.10 bits per heavy atom. The van der Waals surface area contributed by atoms with E-state index < -0.39 is 11.5 Å². The van der Waals surface area contributed by atoms with Gasteiger partial charge in [0.1, 0.15) is 13.3 Å². The molecule has 0 atom stereocenters. The Morgan fingerprint density at radius 1 is 0.931 bits per heavy atom. The standard InChI is InChI=1S/C22H24N2O5/c1-3-28-22(26)19-20(29-15-18-12-8-5-9-13-18)21(25)23(2)24(19)16-27-14-17-10-6-4-7-11-17/h4-13H,3,14-16H2,1-2H3. The van der Waals surface area contributed by atoms with Gasteiger partial charge in [0, 0.05) is 7.05 Å². The zero-order chi connectivity index (χ0) is 20.6. The summed E-state index contributed by atoms with van der Waals surface area (Å²) in [6, 6.07) is 19.1. The van der Waals surface area contributed by atoms with Crippen molar-refractivity contribution < 1.29 is 19.0 Å². The van der Waals surface area contributed by atoms with Gasteiger partial charge in [-0.25, -0.2) is 14.2 Å². The lowest BCUT2D eigenvalue weighted by atomic mass is 10.2. The lowest BCUT2D eigenvalue weighted by Gasteiger charge is -2.12. The van der Waals surface area contributed by atoms with Crippen molar-refractivity contribution in [3.05, 3.63) is 87.8 Å². The van der Waals surface area contributed by atoms with Crippen molar-refractivity contribution in [2.24, 2.45) is 7.05 Å². The number of esters is 1. The summed E-state index contributed by atoms with van der Waals surface area (Å²) in [4.78, 5) is 25.3. The van der Waals surface area contributed by atoms with E-state index in [2.05, 4.69) is 0 Å². The maximum Gasteiger partial charge on any atom is 0.360 e. The maximum absolute atomic E-state index is 12.7. The van der Waals surface area contributed by atoms with Crippen LogP contribution in [0.5, 0.6) is 5.75 Å². The number of hydrogen-bond acceptors (Lipinski definition) is 5. The molecule has 0 amide bonds. The average molecular weight is 396 g/mol. The van der Waals surface area contributed by atoms with Crippen LogP contribution in [-0.4, -0.2) is 21.9 Å². The van der Waals surface area contributed by atoms with Crippen LogP contribution >= 0.6 is 0 Å². The van der Waals surface area contributed by atoms with Gasteiger partial charge in [-0.1, -0.05) is 60.7 Å². The molecular formula is C22H24N2O5. The van der Waals surface area contributed by atoms with Crippen LogP contribution in [0.4, 0.5) is 0 Å². The molecule has 2 aromatic carbocycles. The summed E-state index contributed by atoms with van der Waals surface area (Å²) < 4.78 is 19.3. The first-order valence-corrected chi connectivity index (χ1v) is 9.37. The highest BCUT2D eigenvalue weighted by atomic mass is 16.5. The monoisotopic (exact) mass is 396 g/mol. The molecule has 0 saturated heterocycles. The Hall–Kier alpha value is -3.32. The molecule has 0 aliphatic carbocycles. The fourth-order valence-electron chi connectivity index (χ4n) is 2.86. The van der Waals surface area contributed by atoms with Crippen molar-refractivity contribution in [3.8, 4) is 5.75 Å². The molecule has 0 radical (unpaired) electrons. The van der Waals surface area contributed by atoms with Gasteiger partial charge in [0.05, 0.1) is 13.2 Å². The number of carbonyl (C=O) groups excluding carboxylic acids is 1. The lowest BCUT2D eigenvalue weighted by molar-refractivity contribution is 0.0351. The van der Waals surface area contributed by atoms with Gasteiger partial charge in [-0.15, -0.1) is 0 Å². The Bertz CT molecular complexity index is 993. The molecule has 0 spiro atoms. The van der Waals surface area contributed by atoms with Crippen molar-refractivity contribution in [2.45, 2.75) is 26.9 Å². The molecule has 0 saturated carbocycles. The van der Waals surface area contributed by atoms with E-state index in [-0.39, 0.29) is 31.4 Å². The van der Waals surface area contributed by atoms with Gasteiger partial charge in [-0.3, -0.25) is 4.79 Å². The summed E-state index contributed by atoms with van der Waals surface area (Å²) in [5, 5.41) is 0. The highest BCUT2D eigenvalue weighted by Gasteiger charge is 2.27. The maximum atomic E-state index is 12.7. The molecule has 29 heavy (non-hydrogen) atoms. The van der Waals surface area contributed by atoms with E-state index >= 15 is 0 Å². The summed E-state index contributed by atoms with van der Waals surface area (Å²) in [6.07, 6.45) is 0. The van der Waals surface area contributed by atoms with Gasteiger partial charge in [-0.05, 0) is 18.1 Å². The molecule has 1 heterocycles. The topological polar surface area (TPSA) is 71.7 Å². The quantitative estimate of drug-likeness (QED) is 0.520. The molecule has 1 aromatic heterocycles. The van der Waals surface area contributed by atoms with Crippen molar-refractivity contribution in [2.75, 3.05) is 6.61 Å². The zero-order valence-corrected chi connectivity index (χ0v) is 16.5. The second kappa shape index (κ2) is 9.75. The Balaban J connectivity index is 1.84. The van der Waals surface area contributed by atoms with E-state index in [0.29, 0.717) is 6.61 Å². The first kappa shape index (κ1) is 20.4. The largest absolute Gasteiger partial charge is 0.481 e. The lowest BCUT2D eigenvalue weighted by Crippen LogP contribution is -2.22. The third-order valence-electron chi connectivity index (χ3n) is 4.34. The molecule has 3 rings (SSSR count). The summed E-state index contributed by atoms with van der Waals surface area (Å²) >= 11 is 0. The fraction of sp³-hybridized carbons (Fsp3) is 0.273. The molecule has 0 N–H and O–H groups in total. The SMILES string of the molecule is CCOC(=O)c1c(OCc2ccccc2)c(=O)n(C)n1COCc1ccccc1. The van der Waals surface area contributed by atoms with Crippen LogP contribution < -0.4 is 10.3 Å². The van der Waals surface area contributed by atoms with Gasteiger partial charge < -0.3 is 14.2 Å². The molecule has 0 aliphatic rings. The number of ether oxygens (including phenoxy) is 3. The number of carbonyl (C=O) groups is 1. The molecule has 0 fully saturated rings.